The summed E-state index contributed by atoms with van der Waals surface area (Å²) in [5.74, 6) is -0.290. The van der Waals surface area contributed by atoms with Crippen LogP contribution in [0, 0.1) is 0 Å². The fourth-order valence-corrected chi connectivity index (χ4v) is 3.75. The van der Waals surface area contributed by atoms with Gasteiger partial charge in [0.2, 0.25) is 5.91 Å². The van der Waals surface area contributed by atoms with E-state index in [9.17, 15) is 9.59 Å². The number of anilines is 2. The van der Waals surface area contributed by atoms with E-state index in [-0.39, 0.29) is 11.8 Å². The van der Waals surface area contributed by atoms with Crippen molar-refractivity contribution in [2.24, 2.45) is 0 Å². The second-order valence-corrected chi connectivity index (χ2v) is 7.45. The van der Waals surface area contributed by atoms with Gasteiger partial charge in [0.25, 0.3) is 5.91 Å². The highest BCUT2D eigenvalue weighted by atomic mass is 16.2. The van der Waals surface area contributed by atoms with Crippen LogP contribution in [0.25, 0.3) is 0 Å². The Hall–Kier alpha value is -3.60. The molecule has 2 N–H and O–H groups in total. The van der Waals surface area contributed by atoms with E-state index in [2.05, 4.69) is 10.6 Å². The summed E-state index contributed by atoms with van der Waals surface area (Å²) in [4.78, 5) is 27.0. The van der Waals surface area contributed by atoms with Crippen LogP contribution in [-0.2, 0) is 10.3 Å². The van der Waals surface area contributed by atoms with E-state index in [0.29, 0.717) is 17.8 Å². The number of carbonyl (C=O) groups excluding carboxylic acids is 2. The molecule has 0 saturated carbocycles. The predicted molar refractivity (Wildman–Crippen MR) is 115 cm³/mol. The zero-order chi connectivity index (χ0) is 20.4. The van der Waals surface area contributed by atoms with Crippen LogP contribution in [0.3, 0.4) is 0 Å². The molecule has 0 atom stereocenters. The first kappa shape index (κ1) is 18.7. The molecule has 0 saturated heterocycles. The smallest absolute Gasteiger partial charge is 0.252 e. The Bertz CT molecular complexity index is 1010. The van der Waals surface area contributed by atoms with Gasteiger partial charge in [0.05, 0.1) is 23.5 Å². The molecule has 4 rings (SSSR count). The fraction of sp³-hybridized carbons (Fsp3) is 0.167. The standard InChI is InChI=1S/C24H23N3O2/c1-24(18-9-5-3-6-10-18,19-11-7-4-8-12-19)26-23(29)17-13-14-21-20(15-17)25-22(28)16-27(21)2/h3-15H,16H2,1-2H3,(H,25,28)(H,26,29). The summed E-state index contributed by atoms with van der Waals surface area (Å²) >= 11 is 0. The highest BCUT2D eigenvalue weighted by Gasteiger charge is 2.31. The van der Waals surface area contributed by atoms with Gasteiger partial charge in [-0.05, 0) is 36.2 Å². The van der Waals surface area contributed by atoms with E-state index in [1.54, 1.807) is 12.1 Å². The number of rotatable bonds is 4. The number of likely N-dealkylation sites (N-methyl/N-ethyl adjacent to an activating group) is 1. The summed E-state index contributed by atoms with van der Waals surface area (Å²) in [6, 6.07) is 25.2. The Balaban J connectivity index is 1.70. The van der Waals surface area contributed by atoms with Crippen molar-refractivity contribution in [3.63, 3.8) is 0 Å². The minimum Gasteiger partial charge on any atom is -0.364 e. The Labute approximate surface area is 170 Å². The summed E-state index contributed by atoms with van der Waals surface area (Å²) < 4.78 is 0. The normalized spacial score (nSPS) is 13.4. The van der Waals surface area contributed by atoms with Crippen molar-refractivity contribution in [2.75, 3.05) is 23.8 Å². The Morgan fingerprint density at radius 1 is 0.966 bits per heavy atom. The van der Waals surface area contributed by atoms with Crippen LogP contribution in [0.4, 0.5) is 11.4 Å². The topological polar surface area (TPSA) is 61.4 Å². The first-order chi connectivity index (χ1) is 14.0. The van der Waals surface area contributed by atoms with Gasteiger partial charge < -0.3 is 15.5 Å². The maximum absolute atomic E-state index is 13.2. The van der Waals surface area contributed by atoms with Crippen LogP contribution in [-0.4, -0.2) is 25.4 Å². The van der Waals surface area contributed by atoms with Gasteiger partial charge in [-0.2, -0.15) is 0 Å². The van der Waals surface area contributed by atoms with Gasteiger partial charge in [-0.15, -0.1) is 0 Å². The second kappa shape index (κ2) is 7.43. The van der Waals surface area contributed by atoms with Crippen LogP contribution in [0.15, 0.2) is 78.9 Å². The van der Waals surface area contributed by atoms with Crippen molar-refractivity contribution in [3.05, 3.63) is 95.6 Å². The quantitative estimate of drug-likeness (QED) is 0.719. The van der Waals surface area contributed by atoms with Crippen molar-refractivity contribution in [1.29, 1.82) is 0 Å². The van der Waals surface area contributed by atoms with Gasteiger partial charge in [0.15, 0.2) is 0 Å². The van der Waals surface area contributed by atoms with E-state index in [0.717, 1.165) is 16.8 Å². The van der Waals surface area contributed by atoms with Gasteiger partial charge in [-0.25, -0.2) is 0 Å². The monoisotopic (exact) mass is 385 g/mol. The predicted octanol–water partition coefficient (Wildman–Crippen LogP) is 3.77. The number of benzene rings is 3. The first-order valence-electron chi connectivity index (χ1n) is 9.56. The largest absolute Gasteiger partial charge is 0.364 e. The van der Waals surface area contributed by atoms with Gasteiger partial charge in [-0.3, -0.25) is 9.59 Å². The van der Waals surface area contributed by atoms with Crippen LogP contribution in [0.1, 0.15) is 28.4 Å². The first-order valence-corrected chi connectivity index (χ1v) is 9.56. The van der Waals surface area contributed by atoms with E-state index in [1.807, 2.05) is 85.6 Å². The van der Waals surface area contributed by atoms with Gasteiger partial charge in [0.1, 0.15) is 0 Å². The molecule has 0 unspecified atom stereocenters. The molecule has 0 aliphatic carbocycles. The molecule has 1 aliphatic rings. The van der Waals surface area contributed by atoms with Gasteiger partial charge >= 0.3 is 0 Å². The highest BCUT2D eigenvalue weighted by molar-refractivity contribution is 6.04. The highest BCUT2D eigenvalue weighted by Crippen LogP contribution is 2.32. The van der Waals surface area contributed by atoms with E-state index < -0.39 is 5.54 Å². The van der Waals surface area contributed by atoms with Gasteiger partial charge in [0, 0.05) is 12.6 Å². The molecule has 3 aromatic rings. The molecule has 0 radical (unpaired) electrons. The molecule has 3 aromatic carbocycles. The summed E-state index contributed by atoms with van der Waals surface area (Å²) in [6.07, 6.45) is 0. The molecule has 0 spiro atoms. The molecular weight excluding hydrogens is 362 g/mol. The maximum atomic E-state index is 13.2. The number of hydrogen-bond acceptors (Lipinski definition) is 3. The lowest BCUT2D eigenvalue weighted by Crippen LogP contribution is -2.44. The summed E-state index contributed by atoms with van der Waals surface area (Å²) in [6.45, 7) is 2.31. The minimum atomic E-state index is -0.699. The molecule has 146 valence electrons. The van der Waals surface area contributed by atoms with Crippen molar-refractivity contribution >= 4 is 23.2 Å². The van der Waals surface area contributed by atoms with E-state index in [1.165, 1.54) is 0 Å². The lowest BCUT2D eigenvalue weighted by molar-refractivity contribution is -0.115. The van der Waals surface area contributed by atoms with Crippen molar-refractivity contribution < 1.29 is 9.59 Å². The molecule has 0 fully saturated rings. The van der Waals surface area contributed by atoms with Crippen molar-refractivity contribution in [1.82, 2.24) is 5.32 Å². The average Bonchev–Trinajstić information content (AvgIpc) is 2.74. The third-order valence-electron chi connectivity index (χ3n) is 5.39. The van der Waals surface area contributed by atoms with Crippen LogP contribution >= 0.6 is 0 Å². The third-order valence-corrected chi connectivity index (χ3v) is 5.39. The Morgan fingerprint density at radius 2 is 1.55 bits per heavy atom. The van der Waals surface area contributed by atoms with Gasteiger partial charge in [-0.1, -0.05) is 60.7 Å². The molecule has 1 aliphatic heterocycles. The lowest BCUT2D eigenvalue weighted by Gasteiger charge is -2.33. The number of nitrogens with zero attached hydrogens (tertiary/aromatic N) is 1. The zero-order valence-electron chi connectivity index (χ0n) is 16.5. The second-order valence-electron chi connectivity index (χ2n) is 7.45. The fourth-order valence-electron chi connectivity index (χ4n) is 3.75. The lowest BCUT2D eigenvalue weighted by atomic mass is 9.84. The van der Waals surface area contributed by atoms with Crippen LogP contribution in [0.2, 0.25) is 0 Å². The molecule has 5 nitrogen and oxygen atoms in total. The molecule has 5 heteroatoms. The molecule has 29 heavy (non-hydrogen) atoms. The number of fused-ring (bicyclic) bond motifs is 1. The van der Waals surface area contributed by atoms with Crippen molar-refractivity contribution in [3.8, 4) is 0 Å². The summed E-state index contributed by atoms with van der Waals surface area (Å²) in [5, 5.41) is 6.06. The number of amides is 2. The minimum absolute atomic E-state index is 0.0871. The number of nitrogens with one attached hydrogen (secondary N) is 2. The summed E-state index contributed by atoms with van der Waals surface area (Å²) in [5.41, 5.74) is 3.33. The van der Waals surface area contributed by atoms with Crippen LogP contribution < -0.4 is 15.5 Å². The molecule has 0 aromatic heterocycles. The maximum Gasteiger partial charge on any atom is 0.252 e. The molecule has 2 amide bonds. The zero-order valence-corrected chi connectivity index (χ0v) is 16.5. The summed E-state index contributed by atoms with van der Waals surface area (Å²) in [7, 11) is 1.86. The van der Waals surface area contributed by atoms with Crippen molar-refractivity contribution in [2.45, 2.75) is 12.5 Å². The Kier molecular flexibility index (Phi) is 4.80. The molecular formula is C24H23N3O2. The average molecular weight is 385 g/mol. The Morgan fingerprint density at radius 3 is 2.14 bits per heavy atom. The number of carbonyl (C=O) groups is 2. The molecule has 0 bridgehead atoms. The van der Waals surface area contributed by atoms with E-state index >= 15 is 0 Å². The number of hydrogen-bond donors (Lipinski definition) is 2. The van der Waals surface area contributed by atoms with E-state index in [4.69, 9.17) is 0 Å². The van der Waals surface area contributed by atoms with Crippen LogP contribution in [0.5, 0.6) is 0 Å². The molecule has 1 heterocycles. The SMILES string of the molecule is CN1CC(=O)Nc2cc(C(=O)NC(C)(c3ccccc3)c3ccccc3)ccc21. The third kappa shape index (κ3) is 3.59.